The second kappa shape index (κ2) is 6.97. The average molecular weight is 310 g/mol. The SMILES string of the molecule is CN(c1ncc(CNC(C)(C)C)cc1Cl)C1CCCCC1. The topological polar surface area (TPSA) is 28.2 Å². The molecule has 1 fully saturated rings. The standard InChI is InChI=1S/C17H28ClN3/c1-17(2,3)20-12-13-10-15(18)16(19-11-13)21(4)14-8-6-5-7-9-14/h10-11,14,20H,5-9,12H2,1-4H3. The second-order valence-electron chi connectivity index (χ2n) is 7.16. The molecule has 1 aliphatic rings. The van der Waals surface area contributed by atoms with Crippen molar-refractivity contribution in [3.05, 3.63) is 22.8 Å². The minimum absolute atomic E-state index is 0.101. The minimum Gasteiger partial charge on any atom is -0.355 e. The van der Waals surface area contributed by atoms with Gasteiger partial charge in [-0.1, -0.05) is 30.9 Å². The summed E-state index contributed by atoms with van der Waals surface area (Å²) >= 11 is 6.46. The maximum absolute atomic E-state index is 6.46. The third-order valence-electron chi connectivity index (χ3n) is 4.16. The van der Waals surface area contributed by atoms with Crippen LogP contribution in [0.25, 0.3) is 0 Å². The number of hydrogen-bond donors (Lipinski definition) is 1. The van der Waals surface area contributed by atoms with Gasteiger partial charge in [0.15, 0.2) is 0 Å². The molecule has 1 heterocycles. The Bertz CT molecular complexity index is 462. The van der Waals surface area contributed by atoms with Crippen LogP contribution in [0.2, 0.25) is 5.02 Å². The van der Waals surface area contributed by atoms with E-state index in [1.54, 1.807) is 0 Å². The first-order chi connectivity index (χ1) is 9.87. The summed E-state index contributed by atoms with van der Waals surface area (Å²) in [6.07, 6.45) is 8.45. The number of nitrogens with one attached hydrogen (secondary N) is 1. The fourth-order valence-electron chi connectivity index (χ4n) is 2.84. The Labute approximate surface area is 134 Å². The second-order valence-corrected chi connectivity index (χ2v) is 7.56. The third kappa shape index (κ3) is 4.86. The van der Waals surface area contributed by atoms with E-state index in [1.165, 1.54) is 32.1 Å². The van der Waals surface area contributed by atoms with Crippen LogP contribution >= 0.6 is 11.6 Å². The largest absolute Gasteiger partial charge is 0.355 e. The maximum atomic E-state index is 6.46. The van der Waals surface area contributed by atoms with E-state index in [-0.39, 0.29) is 5.54 Å². The molecule has 0 atom stereocenters. The lowest BCUT2D eigenvalue weighted by atomic mass is 9.94. The lowest BCUT2D eigenvalue weighted by molar-refractivity contribution is 0.422. The number of nitrogens with zero attached hydrogens (tertiary/aromatic N) is 2. The molecule has 0 aliphatic heterocycles. The number of hydrogen-bond acceptors (Lipinski definition) is 3. The quantitative estimate of drug-likeness (QED) is 0.894. The summed E-state index contributed by atoms with van der Waals surface area (Å²) in [5, 5.41) is 4.23. The summed E-state index contributed by atoms with van der Waals surface area (Å²) in [6, 6.07) is 2.63. The summed E-state index contributed by atoms with van der Waals surface area (Å²) in [5.41, 5.74) is 1.24. The van der Waals surface area contributed by atoms with E-state index in [1.807, 2.05) is 12.3 Å². The minimum atomic E-state index is 0.101. The monoisotopic (exact) mass is 309 g/mol. The van der Waals surface area contributed by atoms with Gasteiger partial charge in [0.1, 0.15) is 5.82 Å². The Balaban J connectivity index is 2.04. The normalized spacial score (nSPS) is 17.0. The summed E-state index contributed by atoms with van der Waals surface area (Å²) in [6.45, 7) is 7.28. The van der Waals surface area contributed by atoms with Crippen molar-refractivity contribution in [3.8, 4) is 0 Å². The summed E-state index contributed by atoms with van der Waals surface area (Å²) < 4.78 is 0. The van der Waals surface area contributed by atoms with Crippen LogP contribution in [0, 0.1) is 0 Å². The van der Waals surface area contributed by atoms with Crippen LogP contribution < -0.4 is 10.2 Å². The van der Waals surface area contributed by atoms with Gasteiger partial charge in [-0.15, -0.1) is 0 Å². The fraction of sp³-hybridized carbons (Fsp3) is 0.706. The van der Waals surface area contributed by atoms with Gasteiger partial charge in [-0.3, -0.25) is 0 Å². The van der Waals surface area contributed by atoms with Gasteiger partial charge in [0.2, 0.25) is 0 Å². The summed E-state index contributed by atoms with van der Waals surface area (Å²) in [5.74, 6) is 0.920. The van der Waals surface area contributed by atoms with Crippen molar-refractivity contribution in [1.82, 2.24) is 10.3 Å². The molecule has 0 saturated heterocycles. The number of aromatic nitrogens is 1. The maximum Gasteiger partial charge on any atom is 0.147 e. The Morgan fingerprint density at radius 1 is 1.29 bits per heavy atom. The molecule has 2 rings (SSSR count). The van der Waals surface area contributed by atoms with Gasteiger partial charge >= 0.3 is 0 Å². The van der Waals surface area contributed by atoms with Crippen molar-refractivity contribution >= 4 is 17.4 Å². The van der Waals surface area contributed by atoms with E-state index in [4.69, 9.17) is 11.6 Å². The van der Waals surface area contributed by atoms with E-state index in [0.717, 1.165) is 22.9 Å². The van der Waals surface area contributed by atoms with Gasteiger partial charge in [0.25, 0.3) is 0 Å². The van der Waals surface area contributed by atoms with Gasteiger partial charge in [-0.25, -0.2) is 4.98 Å². The molecule has 118 valence electrons. The number of halogens is 1. The van der Waals surface area contributed by atoms with Gasteiger partial charge in [-0.05, 0) is 45.2 Å². The lowest BCUT2D eigenvalue weighted by Gasteiger charge is -2.32. The molecule has 0 amide bonds. The van der Waals surface area contributed by atoms with Crippen molar-refractivity contribution in [2.24, 2.45) is 0 Å². The van der Waals surface area contributed by atoms with E-state index in [0.29, 0.717) is 6.04 Å². The van der Waals surface area contributed by atoms with E-state index < -0.39 is 0 Å². The first-order valence-corrected chi connectivity index (χ1v) is 8.37. The number of pyridine rings is 1. The van der Waals surface area contributed by atoms with Crippen molar-refractivity contribution in [1.29, 1.82) is 0 Å². The van der Waals surface area contributed by atoms with Gasteiger partial charge in [0.05, 0.1) is 5.02 Å². The fourth-order valence-corrected chi connectivity index (χ4v) is 3.16. The highest BCUT2D eigenvalue weighted by molar-refractivity contribution is 6.33. The number of rotatable bonds is 4. The summed E-state index contributed by atoms with van der Waals surface area (Å²) in [4.78, 5) is 6.87. The molecule has 0 spiro atoms. The molecule has 21 heavy (non-hydrogen) atoms. The smallest absolute Gasteiger partial charge is 0.147 e. The predicted molar refractivity (Wildman–Crippen MR) is 91.1 cm³/mol. The van der Waals surface area contributed by atoms with Crippen LogP contribution in [0.15, 0.2) is 12.3 Å². The van der Waals surface area contributed by atoms with Crippen molar-refractivity contribution in [2.45, 2.75) is 71.0 Å². The van der Waals surface area contributed by atoms with Crippen LogP contribution in [-0.2, 0) is 6.54 Å². The van der Waals surface area contributed by atoms with Gasteiger partial charge < -0.3 is 10.2 Å². The zero-order valence-electron chi connectivity index (χ0n) is 13.7. The Kier molecular flexibility index (Phi) is 5.50. The van der Waals surface area contributed by atoms with E-state index >= 15 is 0 Å². The highest BCUT2D eigenvalue weighted by Gasteiger charge is 2.21. The van der Waals surface area contributed by atoms with E-state index in [2.05, 4.69) is 43.0 Å². The molecular weight excluding hydrogens is 282 g/mol. The number of anilines is 1. The molecule has 1 aromatic rings. The van der Waals surface area contributed by atoms with Crippen LogP contribution in [-0.4, -0.2) is 23.6 Å². The third-order valence-corrected chi connectivity index (χ3v) is 4.44. The molecule has 1 aliphatic carbocycles. The Morgan fingerprint density at radius 3 is 2.52 bits per heavy atom. The Morgan fingerprint density at radius 2 is 1.95 bits per heavy atom. The summed E-state index contributed by atoms with van der Waals surface area (Å²) in [7, 11) is 2.12. The van der Waals surface area contributed by atoms with Crippen LogP contribution in [0.3, 0.4) is 0 Å². The first-order valence-electron chi connectivity index (χ1n) is 7.99. The lowest BCUT2D eigenvalue weighted by Crippen LogP contribution is -2.35. The molecule has 4 heteroatoms. The van der Waals surface area contributed by atoms with Crippen LogP contribution in [0.5, 0.6) is 0 Å². The van der Waals surface area contributed by atoms with Gasteiger partial charge in [-0.2, -0.15) is 0 Å². The highest BCUT2D eigenvalue weighted by atomic mass is 35.5. The molecule has 0 unspecified atom stereocenters. The molecule has 0 bridgehead atoms. The molecule has 1 saturated carbocycles. The van der Waals surface area contributed by atoms with Crippen molar-refractivity contribution in [3.63, 3.8) is 0 Å². The molecule has 0 radical (unpaired) electrons. The predicted octanol–water partition coefficient (Wildman–Crippen LogP) is 4.39. The highest BCUT2D eigenvalue weighted by Crippen LogP contribution is 2.29. The van der Waals surface area contributed by atoms with Gasteiger partial charge in [0, 0.05) is 31.4 Å². The molecule has 0 aromatic carbocycles. The van der Waals surface area contributed by atoms with Crippen LogP contribution in [0.1, 0.15) is 58.4 Å². The zero-order chi connectivity index (χ0) is 15.5. The molecule has 3 nitrogen and oxygen atoms in total. The van der Waals surface area contributed by atoms with Crippen molar-refractivity contribution < 1.29 is 0 Å². The average Bonchev–Trinajstić information content (AvgIpc) is 2.45. The molecule has 1 aromatic heterocycles. The van der Waals surface area contributed by atoms with Crippen molar-refractivity contribution in [2.75, 3.05) is 11.9 Å². The molecule has 1 N–H and O–H groups in total. The van der Waals surface area contributed by atoms with E-state index in [9.17, 15) is 0 Å². The Hall–Kier alpha value is -0.800. The zero-order valence-corrected chi connectivity index (χ0v) is 14.5. The first kappa shape index (κ1) is 16.6. The van der Waals surface area contributed by atoms with Crippen LogP contribution in [0.4, 0.5) is 5.82 Å². The molecular formula is C17H28ClN3.